The Morgan fingerprint density at radius 1 is 1.17 bits per heavy atom. The molecule has 0 spiro atoms. The molecule has 4 rings (SSSR count). The van der Waals surface area contributed by atoms with Crippen molar-refractivity contribution in [3.8, 4) is 0 Å². The number of halogens is 1. The maximum atomic E-state index is 13.1. The number of rotatable bonds is 6. The number of anilines is 2. The molecule has 0 aliphatic carbocycles. The van der Waals surface area contributed by atoms with Crippen LogP contribution >= 0.6 is 11.3 Å². The van der Waals surface area contributed by atoms with E-state index in [-0.39, 0.29) is 11.7 Å². The quantitative estimate of drug-likeness (QED) is 0.670. The topological polar surface area (TPSA) is 61.4 Å². The Bertz CT molecular complexity index is 982. The minimum atomic E-state index is -0.232. The van der Waals surface area contributed by atoms with Crippen LogP contribution in [-0.2, 0) is 11.2 Å². The van der Waals surface area contributed by atoms with Gasteiger partial charge in [0.15, 0.2) is 0 Å². The summed E-state index contributed by atoms with van der Waals surface area (Å²) < 4.78 is 13.1. The second-order valence-electron chi connectivity index (χ2n) is 7.03. The summed E-state index contributed by atoms with van der Waals surface area (Å²) in [6.45, 7) is 5.54. The van der Waals surface area contributed by atoms with Crippen LogP contribution in [0.25, 0.3) is 10.2 Å². The molecule has 0 radical (unpaired) electrons. The lowest BCUT2D eigenvalue weighted by molar-refractivity contribution is -0.131. The summed E-state index contributed by atoms with van der Waals surface area (Å²) in [5.41, 5.74) is 0.996. The number of nitrogens with one attached hydrogen (secondary N) is 1. The number of aryl methyl sites for hydroxylation is 1. The molecule has 0 atom stereocenters. The number of piperazine rings is 1. The van der Waals surface area contributed by atoms with Crippen molar-refractivity contribution in [3.63, 3.8) is 0 Å². The van der Waals surface area contributed by atoms with Gasteiger partial charge in [0.2, 0.25) is 5.91 Å². The highest BCUT2D eigenvalue weighted by Gasteiger charge is 2.21. The second kappa shape index (κ2) is 8.73. The molecule has 1 N–H and O–H groups in total. The number of benzene rings is 1. The van der Waals surface area contributed by atoms with Gasteiger partial charge in [0.25, 0.3) is 0 Å². The van der Waals surface area contributed by atoms with Gasteiger partial charge in [0.05, 0.1) is 5.39 Å². The Morgan fingerprint density at radius 2 is 1.93 bits per heavy atom. The molecule has 1 fully saturated rings. The summed E-state index contributed by atoms with van der Waals surface area (Å²) in [6.07, 6.45) is 2.97. The van der Waals surface area contributed by atoms with Gasteiger partial charge in [0, 0.05) is 49.7 Å². The molecule has 1 saturated heterocycles. The van der Waals surface area contributed by atoms with Crippen LogP contribution < -0.4 is 10.2 Å². The molecule has 3 heterocycles. The lowest BCUT2D eigenvalue weighted by atomic mass is 10.2. The molecular weight excluding hydrogens is 389 g/mol. The number of fused-ring (bicyclic) bond motifs is 1. The number of hydrogen-bond donors (Lipinski definition) is 1. The van der Waals surface area contributed by atoms with Crippen LogP contribution in [0.1, 0.15) is 18.2 Å². The predicted molar refractivity (Wildman–Crippen MR) is 115 cm³/mol. The molecule has 152 valence electrons. The number of carbonyl (C=O) groups is 1. The molecule has 1 aromatic carbocycles. The van der Waals surface area contributed by atoms with Crippen molar-refractivity contribution in [3.05, 3.63) is 47.4 Å². The first-order valence-electron chi connectivity index (χ1n) is 9.89. The fourth-order valence-corrected chi connectivity index (χ4v) is 4.47. The minimum Gasteiger partial charge on any atom is -0.369 e. The molecule has 29 heavy (non-hydrogen) atoms. The molecule has 0 saturated carbocycles. The monoisotopic (exact) mass is 413 g/mol. The first-order valence-corrected chi connectivity index (χ1v) is 10.7. The van der Waals surface area contributed by atoms with E-state index in [9.17, 15) is 9.18 Å². The zero-order valence-electron chi connectivity index (χ0n) is 16.4. The molecule has 0 bridgehead atoms. The van der Waals surface area contributed by atoms with E-state index in [4.69, 9.17) is 0 Å². The van der Waals surface area contributed by atoms with Crippen molar-refractivity contribution in [2.75, 3.05) is 42.9 Å². The largest absolute Gasteiger partial charge is 0.369 e. The number of thiophene rings is 1. The fourth-order valence-electron chi connectivity index (χ4n) is 3.53. The highest BCUT2D eigenvalue weighted by molar-refractivity contribution is 7.18. The maximum Gasteiger partial charge on any atom is 0.224 e. The Labute approximate surface area is 173 Å². The van der Waals surface area contributed by atoms with Gasteiger partial charge in [-0.25, -0.2) is 14.4 Å². The fraction of sp³-hybridized carbons (Fsp3) is 0.381. The molecule has 1 aliphatic rings. The van der Waals surface area contributed by atoms with Crippen molar-refractivity contribution in [1.29, 1.82) is 0 Å². The van der Waals surface area contributed by atoms with Crippen LogP contribution in [0.5, 0.6) is 0 Å². The summed E-state index contributed by atoms with van der Waals surface area (Å²) in [7, 11) is 0. The molecule has 1 aliphatic heterocycles. The van der Waals surface area contributed by atoms with E-state index >= 15 is 0 Å². The first kappa shape index (κ1) is 19.6. The van der Waals surface area contributed by atoms with E-state index in [1.165, 1.54) is 17.0 Å². The van der Waals surface area contributed by atoms with Gasteiger partial charge < -0.3 is 15.1 Å². The van der Waals surface area contributed by atoms with E-state index < -0.39 is 0 Å². The maximum absolute atomic E-state index is 13.1. The third kappa shape index (κ3) is 4.48. The Kier molecular flexibility index (Phi) is 5.89. The Balaban J connectivity index is 1.27. The van der Waals surface area contributed by atoms with Crippen LogP contribution in [0.4, 0.5) is 15.9 Å². The van der Waals surface area contributed by atoms with Gasteiger partial charge in [-0.05, 0) is 36.8 Å². The number of hydrogen-bond acceptors (Lipinski definition) is 6. The number of carbonyl (C=O) groups excluding carboxylic acids is 1. The van der Waals surface area contributed by atoms with Gasteiger partial charge in [-0.15, -0.1) is 11.3 Å². The van der Waals surface area contributed by atoms with E-state index in [1.807, 2.05) is 4.90 Å². The third-order valence-corrected chi connectivity index (χ3v) is 6.37. The lowest BCUT2D eigenvalue weighted by Crippen LogP contribution is -2.49. The van der Waals surface area contributed by atoms with E-state index in [0.717, 1.165) is 41.2 Å². The second-order valence-corrected chi connectivity index (χ2v) is 8.14. The van der Waals surface area contributed by atoms with Crippen LogP contribution in [0.3, 0.4) is 0 Å². The van der Waals surface area contributed by atoms with E-state index in [0.29, 0.717) is 26.1 Å². The van der Waals surface area contributed by atoms with Crippen molar-refractivity contribution in [2.45, 2.75) is 19.8 Å². The highest BCUT2D eigenvalue weighted by Crippen LogP contribution is 2.28. The van der Waals surface area contributed by atoms with E-state index in [1.54, 1.807) is 29.8 Å². The zero-order chi connectivity index (χ0) is 20.2. The smallest absolute Gasteiger partial charge is 0.224 e. The van der Waals surface area contributed by atoms with Crippen LogP contribution in [0.2, 0.25) is 0 Å². The van der Waals surface area contributed by atoms with Gasteiger partial charge in [0.1, 0.15) is 22.8 Å². The Hall–Kier alpha value is -2.74. The lowest BCUT2D eigenvalue weighted by Gasteiger charge is -2.36. The SMILES string of the molecule is CCc1cc2c(NCCC(=O)N3CCN(c4ccc(F)cc4)CC3)ncnc2s1. The van der Waals surface area contributed by atoms with Crippen molar-refractivity contribution in [2.24, 2.45) is 0 Å². The van der Waals surface area contributed by atoms with Gasteiger partial charge >= 0.3 is 0 Å². The molecule has 3 aromatic rings. The molecule has 2 aromatic heterocycles. The zero-order valence-corrected chi connectivity index (χ0v) is 17.2. The van der Waals surface area contributed by atoms with Crippen molar-refractivity contribution >= 4 is 39.0 Å². The summed E-state index contributed by atoms with van der Waals surface area (Å²) >= 11 is 1.68. The number of nitrogens with zero attached hydrogens (tertiary/aromatic N) is 4. The molecule has 0 unspecified atom stereocenters. The van der Waals surface area contributed by atoms with Crippen LogP contribution in [-0.4, -0.2) is 53.5 Å². The third-order valence-electron chi connectivity index (χ3n) is 5.18. The molecule has 1 amide bonds. The minimum absolute atomic E-state index is 0.140. The van der Waals surface area contributed by atoms with Gasteiger partial charge in [-0.2, -0.15) is 0 Å². The normalized spacial score (nSPS) is 14.4. The predicted octanol–water partition coefficient (Wildman–Crippen LogP) is 3.54. The average molecular weight is 414 g/mol. The van der Waals surface area contributed by atoms with Gasteiger partial charge in [-0.1, -0.05) is 6.92 Å². The standard InChI is InChI=1S/C21H24FN5OS/c1-2-17-13-18-20(24-14-25-21(18)29-17)23-8-7-19(28)27-11-9-26(10-12-27)16-5-3-15(22)4-6-16/h3-6,13-14H,2,7-12H2,1H3,(H,23,24,25). The number of aromatic nitrogens is 2. The Morgan fingerprint density at radius 3 is 2.66 bits per heavy atom. The van der Waals surface area contributed by atoms with Crippen LogP contribution in [0.15, 0.2) is 36.7 Å². The van der Waals surface area contributed by atoms with Crippen molar-refractivity contribution in [1.82, 2.24) is 14.9 Å². The molecular formula is C21H24FN5OS. The average Bonchev–Trinajstić information content (AvgIpc) is 3.19. The first-order chi connectivity index (χ1) is 14.1. The highest BCUT2D eigenvalue weighted by atomic mass is 32.1. The molecule has 8 heteroatoms. The van der Waals surface area contributed by atoms with Crippen LogP contribution in [0, 0.1) is 5.82 Å². The summed E-state index contributed by atoms with van der Waals surface area (Å²) in [5, 5.41) is 4.32. The summed E-state index contributed by atoms with van der Waals surface area (Å²) in [5.74, 6) is 0.699. The van der Waals surface area contributed by atoms with Gasteiger partial charge in [-0.3, -0.25) is 4.79 Å². The van der Waals surface area contributed by atoms with Crippen molar-refractivity contribution < 1.29 is 9.18 Å². The summed E-state index contributed by atoms with van der Waals surface area (Å²) in [6, 6.07) is 8.64. The van der Waals surface area contributed by atoms with E-state index in [2.05, 4.69) is 33.2 Å². The molecule has 6 nitrogen and oxygen atoms in total. The number of amides is 1. The summed E-state index contributed by atoms with van der Waals surface area (Å²) in [4.78, 5) is 27.6.